The largest absolute Gasteiger partial charge is 0.550 e. The Morgan fingerprint density at radius 2 is 1.80 bits per heavy atom. The topological polar surface area (TPSA) is 140 Å². The van der Waals surface area contributed by atoms with Crippen LogP contribution in [0.1, 0.15) is 51.4 Å². The first-order valence-electron chi connectivity index (χ1n) is 9.08. The van der Waals surface area contributed by atoms with E-state index < -0.39 is 49.4 Å². The zero-order chi connectivity index (χ0) is 18.4. The molecule has 1 aliphatic heterocycles. The Hall–Kier alpha value is -0.770. The van der Waals surface area contributed by atoms with Crippen molar-refractivity contribution in [1.29, 1.82) is 0 Å². The molecule has 1 aliphatic carbocycles. The van der Waals surface area contributed by atoms with Crippen LogP contribution in [0.25, 0.3) is 0 Å². The van der Waals surface area contributed by atoms with Crippen molar-refractivity contribution in [3.05, 3.63) is 0 Å². The summed E-state index contributed by atoms with van der Waals surface area (Å²) >= 11 is 0. The lowest BCUT2D eigenvalue weighted by Gasteiger charge is -2.41. The van der Waals surface area contributed by atoms with E-state index in [0.29, 0.717) is 12.3 Å². The van der Waals surface area contributed by atoms with Crippen molar-refractivity contribution in [3.63, 3.8) is 0 Å². The van der Waals surface area contributed by atoms with Gasteiger partial charge in [0.25, 0.3) is 0 Å². The summed E-state index contributed by atoms with van der Waals surface area (Å²) in [7, 11) is 0. The summed E-state index contributed by atoms with van der Waals surface area (Å²) in [5, 5.41) is 49.8. The maximum absolute atomic E-state index is 11.0. The summed E-state index contributed by atoms with van der Waals surface area (Å²) in [6.45, 7) is -0.558. The Labute approximate surface area is 147 Å². The van der Waals surface area contributed by atoms with Gasteiger partial charge in [0.05, 0.1) is 12.7 Å². The van der Waals surface area contributed by atoms with Gasteiger partial charge in [0, 0.05) is 12.4 Å². The monoisotopic (exact) mass is 361 g/mol. The molecule has 1 heterocycles. The summed E-state index contributed by atoms with van der Waals surface area (Å²) in [5.74, 6) is -0.727. The van der Waals surface area contributed by atoms with Gasteiger partial charge in [-0.3, -0.25) is 0 Å². The number of rotatable bonds is 8. The first kappa shape index (κ1) is 20.5. The number of ether oxygens (including phenoxy) is 2. The SMILES string of the molecule is O=C([O-])CC(CCC1CCCCC1)OC1OC(CO)C(O)C(O)C1O. The van der Waals surface area contributed by atoms with E-state index in [4.69, 9.17) is 9.47 Å². The van der Waals surface area contributed by atoms with Gasteiger partial charge in [-0.05, 0) is 18.8 Å². The van der Waals surface area contributed by atoms with Crippen LogP contribution in [-0.4, -0.2) is 69.8 Å². The van der Waals surface area contributed by atoms with Crippen LogP contribution in [0.4, 0.5) is 0 Å². The summed E-state index contributed by atoms with van der Waals surface area (Å²) in [6.07, 6.45) is -0.866. The second-order valence-electron chi connectivity index (χ2n) is 7.11. The number of carbonyl (C=O) groups is 1. The van der Waals surface area contributed by atoms with Crippen molar-refractivity contribution < 1.29 is 39.8 Å². The van der Waals surface area contributed by atoms with Gasteiger partial charge in [0.1, 0.15) is 24.4 Å². The Kier molecular flexibility index (Phi) is 8.05. The van der Waals surface area contributed by atoms with Crippen molar-refractivity contribution in [2.75, 3.05) is 6.61 Å². The predicted molar refractivity (Wildman–Crippen MR) is 84.1 cm³/mol. The molecule has 2 aliphatic rings. The van der Waals surface area contributed by atoms with E-state index in [9.17, 15) is 30.3 Å². The second kappa shape index (κ2) is 9.80. The summed E-state index contributed by atoms with van der Waals surface area (Å²) in [4.78, 5) is 11.0. The third-order valence-electron chi connectivity index (χ3n) is 5.19. The fourth-order valence-electron chi connectivity index (χ4n) is 3.67. The molecule has 1 saturated heterocycles. The average Bonchev–Trinajstić information content (AvgIpc) is 2.60. The standard InChI is InChI=1S/C17H30O8/c18-9-12-14(21)15(22)16(23)17(25-12)24-11(8-13(19)20)7-6-10-4-2-1-3-5-10/h10-12,14-18,21-23H,1-9H2,(H,19,20)/p-1. The summed E-state index contributed by atoms with van der Waals surface area (Å²) < 4.78 is 10.9. The molecule has 8 nitrogen and oxygen atoms in total. The van der Waals surface area contributed by atoms with Crippen LogP contribution in [0.5, 0.6) is 0 Å². The number of carbonyl (C=O) groups excluding carboxylic acids is 1. The number of aliphatic hydroxyl groups is 4. The predicted octanol–water partition coefficient (Wildman–Crippen LogP) is -1.33. The molecule has 2 rings (SSSR count). The molecular formula is C17H29O8-. The van der Waals surface area contributed by atoms with Gasteiger partial charge < -0.3 is 39.8 Å². The first-order valence-corrected chi connectivity index (χ1v) is 9.08. The number of carboxylic acids is 1. The Bertz CT molecular complexity index is 409. The molecule has 2 fully saturated rings. The summed E-state index contributed by atoms with van der Waals surface area (Å²) in [6, 6.07) is 0. The minimum absolute atomic E-state index is 0.345. The van der Waals surface area contributed by atoms with Crippen molar-refractivity contribution in [2.24, 2.45) is 5.92 Å². The Morgan fingerprint density at radius 1 is 1.12 bits per heavy atom. The molecule has 0 bridgehead atoms. The highest BCUT2D eigenvalue weighted by Gasteiger charge is 2.44. The van der Waals surface area contributed by atoms with E-state index in [0.717, 1.165) is 19.3 Å². The molecule has 6 unspecified atom stereocenters. The molecule has 1 saturated carbocycles. The van der Waals surface area contributed by atoms with Crippen molar-refractivity contribution >= 4 is 5.97 Å². The molecular weight excluding hydrogens is 332 g/mol. The van der Waals surface area contributed by atoms with Crippen molar-refractivity contribution in [1.82, 2.24) is 0 Å². The number of carboxylic acid groups (broad SMARTS) is 1. The Balaban J connectivity index is 1.93. The van der Waals surface area contributed by atoms with Gasteiger partial charge in [-0.2, -0.15) is 0 Å². The highest BCUT2D eigenvalue weighted by Crippen LogP contribution is 2.30. The molecule has 6 atom stereocenters. The third kappa shape index (κ3) is 5.87. The summed E-state index contributed by atoms with van der Waals surface area (Å²) in [5.41, 5.74) is 0. The molecule has 146 valence electrons. The molecule has 0 amide bonds. The molecule has 0 aromatic carbocycles. The number of aliphatic hydroxyl groups excluding tert-OH is 4. The maximum Gasteiger partial charge on any atom is 0.186 e. The zero-order valence-corrected chi connectivity index (χ0v) is 14.3. The van der Waals surface area contributed by atoms with E-state index in [1.54, 1.807) is 0 Å². The van der Waals surface area contributed by atoms with Gasteiger partial charge in [-0.25, -0.2) is 0 Å². The lowest BCUT2D eigenvalue weighted by molar-refractivity contribution is -0.323. The quantitative estimate of drug-likeness (QED) is 0.417. The molecule has 0 spiro atoms. The van der Waals surface area contributed by atoms with Crippen LogP contribution in [0, 0.1) is 5.92 Å². The number of hydrogen-bond donors (Lipinski definition) is 4. The average molecular weight is 361 g/mol. The van der Waals surface area contributed by atoms with Crippen molar-refractivity contribution in [2.45, 2.75) is 88.2 Å². The van der Waals surface area contributed by atoms with E-state index in [-0.39, 0.29) is 6.42 Å². The molecule has 0 aromatic rings. The van der Waals surface area contributed by atoms with Crippen LogP contribution in [-0.2, 0) is 14.3 Å². The van der Waals surface area contributed by atoms with E-state index in [1.165, 1.54) is 19.3 Å². The Morgan fingerprint density at radius 3 is 2.40 bits per heavy atom. The lowest BCUT2D eigenvalue weighted by Crippen LogP contribution is -2.59. The van der Waals surface area contributed by atoms with E-state index in [2.05, 4.69) is 0 Å². The third-order valence-corrected chi connectivity index (χ3v) is 5.19. The minimum atomic E-state index is -1.54. The molecule has 0 aromatic heterocycles. The smallest absolute Gasteiger partial charge is 0.186 e. The zero-order valence-electron chi connectivity index (χ0n) is 14.3. The molecule has 8 heteroatoms. The van der Waals surface area contributed by atoms with Crippen LogP contribution in [0.2, 0.25) is 0 Å². The van der Waals surface area contributed by atoms with Gasteiger partial charge in [-0.15, -0.1) is 0 Å². The van der Waals surface area contributed by atoms with E-state index in [1.807, 2.05) is 0 Å². The fraction of sp³-hybridized carbons (Fsp3) is 0.941. The highest BCUT2D eigenvalue weighted by atomic mass is 16.7. The van der Waals surface area contributed by atoms with Crippen molar-refractivity contribution in [3.8, 4) is 0 Å². The second-order valence-corrected chi connectivity index (χ2v) is 7.11. The van der Waals surface area contributed by atoms with Gasteiger partial charge >= 0.3 is 0 Å². The van der Waals surface area contributed by atoms with Gasteiger partial charge in [-0.1, -0.05) is 32.1 Å². The maximum atomic E-state index is 11.0. The van der Waals surface area contributed by atoms with Crippen LogP contribution < -0.4 is 5.11 Å². The first-order chi connectivity index (χ1) is 11.9. The van der Waals surface area contributed by atoms with Crippen LogP contribution in [0.15, 0.2) is 0 Å². The fourth-order valence-corrected chi connectivity index (χ4v) is 3.67. The highest BCUT2D eigenvalue weighted by molar-refractivity contribution is 5.64. The van der Waals surface area contributed by atoms with Crippen LogP contribution >= 0.6 is 0 Å². The number of aliphatic carboxylic acids is 1. The molecule has 25 heavy (non-hydrogen) atoms. The van der Waals surface area contributed by atoms with Gasteiger partial charge in [0.2, 0.25) is 0 Å². The minimum Gasteiger partial charge on any atom is -0.550 e. The normalized spacial score (nSPS) is 35.4. The lowest BCUT2D eigenvalue weighted by atomic mass is 9.85. The number of hydrogen-bond acceptors (Lipinski definition) is 8. The van der Waals surface area contributed by atoms with Crippen LogP contribution in [0.3, 0.4) is 0 Å². The van der Waals surface area contributed by atoms with Gasteiger partial charge in [0.15, 0.2) is 6.29 Å². The molecule has 4 N–H and O–H groups in total. The van der Waals surface area contributed by atoms with E-state index >= 15 is 0 Å². The molecule has 0 radical (unpaired) electrons.